The third-order valence-corrected chi connectivity index (χ3v) is 0.940. The molecule has 10 heavy (non-hydrogen) atoms. The zero-order chi connectivity index (χ0) is 7.11. The molecule has 0 spiro atoms. The number of aryl methyl sites for hydroxylation is 1. The second kappa shape index (κ2) is 8.47. The van der Waals surface area contributed by atoms with Gasteiger partial charge in [0.15, 0.2) is 0 Å². The smallest absolute Gasteiger partial charge is 0.0108 e. The fraction of sp³-hybridized carbons (Fsp3) is 0.250. The molecule has 0 aliphatic rings. The van der Waals surface area contributed by atoms with Crippen molar-refractivity contribution in [1.82, 2.24) is 6.15 Å². The quantitative estimate of drug-likeness (QED) is 0.581. The summed E-state index contributed by atoms with van der Waals surface area (Å²) in [4.78, 5) is 0. The molecule has 0 aliphatic heterocycles. The summed E-state index contributed by atoms with van der Waals surface area (Å²) >= 11 is 4.64. The highest BCUT2D eigenvalue weighted by Gasteiger charge is 1.72. The summed E-state index contributed by atoms with van der Waals surface area (Å²) in [5.74, 6) is 0. The normalized spacial score (nSPS) is 6.70. The van der Waals surface area contributed by atoms with Crippen LogP contribution in [0.15, 0.2) is 30.3 Å². The van der Waals surface area contributed by atoms with Gasteiger partial charge in [-0.3, -0.25) is 0 Å². The van der Waals surface area contributed by atoms with E-state index in [9.17, 15) is 0 Å². The number of hydrogen-bond donors (Lipinski definition) is 1. The van der Waals surface area contributed by atoms with Gasteiger partial charge in [-0.25, -0.2) is 0 Å². The molecular formula is C8H14ClN. The molecule has 3 N–H and O–H groups in total. The van der Waals surface area contributed by atoms with Gasteiger partial charge in [-0.2, -0.15) is 0 Å². The third kappa shape index (κ3) is 5.60. The van der Waals surface area contributed by atoms with Crippen LogP contribution in [0.25, 0.3) is 0 Å². The van der Waals surface area contributed by atoms with Crippen LogP contribution >= 0.6 is 11.6 Å². The van der Waals surface area contributed by atoms with Crippen molar-refractivity contribution in [3.8, 4) is 0 Å². The Balaban J connectivity index is 0. The molecule has 58 valence electrons. The lowest BCUT2D eigenvalue weighted by Crippen LogP contribution is -1.62. The molecule has 0 atom stereocenters. The van der Waals surface area contributed by atoms with Crippen molar-refractivity contribution in [2.45, 2.75) is 6.92 Å². The highest BCUT2D eigenvalue weighted by Crippen LogP contribution is 1.92. The van der Waals surface area contributed by atoms with E-state index >= 15 is 0 Å². The van der Waals surface area contributed by atoms with Gasteiger partial charge >= 0.3 is 0 Å². The molecule has 0 fully saturated rings. The van der Waals surface area contributed by atoms with Crippen LogP contribution < -0.4 is 6.15 Å². The maximum Gasteiger partial charge on any atom is 0.0108 e. The summed E-state index contributed by atoms with van der Waals surface area (Å²) in [5, 5.41) is 0. The molecule has 0 saturated heterocycles. The highest BCUT2D eigenvalue weighted by molar-refractivity contribution is 6.15. The second-order valence-electron chi connectivity index (χ2n) is 1.65. The van der Waals surface area contributed by atoms with Gasteiger partial charge in [0.2, 0.25) is 0 Å². The second-order valence-corrected chi connectivity index (χ2v) is 1.65. The number of alkyl halides is 1. The zero-order valence-corrected chi connectivity index (χ0v) is 7.23. The average Bonchev–Trinajstić information content (AvgIpc) is 1.94. The van der Waals surface area contributed by atoms with Gasteiger partial charge in [-0.15, -0.1) is 11.6 Å². The molecule has 1 aromatic carbocycles. The molecule has 2 heteroatoms. The average molecular weight is 160 g/mol. The maximum atomic E-state index is 4.64. The fourth-order valence-corrected chi connectivity index (χ4v) is 0.534. The van der Waals surface area contributed by atoms with Crippen LogP contribution in [0.2, 0.25) is 0 Å². The molecule has 1 aromatic rings. The Labute approximate surface area is 67.6 Å². The van der Waals surface area contributed by atoms with Crippen LogP contribution in [-0.2, 0) is 0 Å². The Hall–Kier alpha value is -0.530. The first-order valence-electron chi connectivity index (χ1n) is 2.79. The van der Waals surface area contributed by atoms with Gasteiger partial charge in [-0.1, -0.05) is 35.9 Å². The number of hydrogen-bond acceptors (Lipinski definition) is 1. The van der Waals surface area contributed by atoms with Crippen molar-refractivity contribution in [2.24, 2.45) is 0 Å². The Morgan fingerprint density at radius 3 is 1.60 bits per heavy atom. The summed E-state index contributed by atoms with van der Waals surface area (Å²) in [5.41, 5.74) is 1.32. The third-order valence-electron chi connectivity index (χ3n) is 0.940. The summed E-state index contributed by atoms with van der Waals surface area (Å²) in [6.07, 6.45) is 1.47. The predicted molar refractivity (Wildman–Crippen MR) is 48.0 cm³/mol. The topological polar surface area (TPSA) is 35.0 Å². The van der Waals surface area contributed by atoms with Crippen LogP contribution in [0.4, 0.5) is 0 Å². The summed E-state index contributed by atoms with van der Waals surface area (Å²) in [7, 11) is 0. The molecule has 1 rings (SSSR count). The van der Waals surface area contributed by atoms with Crippen molar-refractivity contribution in [3.05, 3.63) is 35.9 Å². The van der Waals surface area contributed by atoms with Crippen molar-refractivity contribution in [3.63, 3.8) is 0 Å². The van der Waals surface area contributed by atoms with Gasteiger partial charge in [0.1, 0.15) is 0 Å². The van der Waals surface area contributed by atoms with Crippen molar-refractivity contribution < 1.29 is 0 Å². The predicted octanol–water partition coefficient (Wildman–Crippen LogP) is 3.01. The minimum absolute atomic E-state index is 0. The first kappa shape index (κ1) is 12.2. The fourth-order valence-electron chi connectivity index (χ4n) is 0.534. The minimum atomic E-state index is 0. The van der Waals surface area contributed by atoms with Gasteiger partial charge in [0, 0.05) is 6.38 Å². The molecule has 0 heterocycles. The molecular weight excluding hydrogens is 146 g/mol. The van der Waals surface area contributed by atoms with Crippen molar-refractivity contribution in [1.29, 1.82) is 0 Å². The van der Waals surface area contributed by atoms with E-state index in [1.807, 2.05) is 18.2 Å². The summed E-state index contributed by atoms with van der Waals surface area (Å²) < 4.78 is 0. The first-order valence-corrected chi connectivity index (χ1v) is 3.54. The van der Waals surface area contributed by atoms with Crippen LogP contribution in [0.3, 0.4) is 0 Å². The van der Waals surface area contributed by atoms with E-state index in [0.29, 0.717) is 0 Å². The van der Waals surface area contributed by atoms with E-state index < -0.39 is 0 Å². The molecule has 0 aliphatic carbocycles. The molecule has 0 bridgehead atoms. The lowest BCUT2D eigenvalue weighted by Gasteiger charge is -1.82. The monoisotopic (exact) mass is 159 g/mol. The number of halogens is 1. The highest BCUT2D eigenvalue weighted by atomic mass is 35.5. The van der Waals surface area contributed by atoms with Crippen molar-refractivity contribution in [2.75, 3.05) is 6.38 Å². The van der Waals surface area contributed by atoms with E-state index in [-0.39, 0.29) is 6.15 Å². The van der Waals surface area contributed by atoms with Gasteiger partial charge in [-0.05, 0) is 6.92 Å². The Morgan fingerprint density at radius 2 is 1.40 bits per heavy atom. The first-order chi connectivity index (χ1) is 4.39. The number of rotatable bonds is 0. The van der Waals surface area contributed by atoms with E-state index in [1.165, 1.54) is 11.9 Å². The summed E-state index contributed by atoms with van der Waals surface area (Å²) in [6, 6.07) is 10.3. The van der Waals surface area contributed by atoms with Gasteiger partial charge < -0.3 is 6.15 Å². The zero-order valence-electron chi connectivity index (χ0n) is 6.47. The summed E-state index contributed by atoms with van der Waals surface area (Å²) in [6.45, 7) is 2.08. The maximum absolute atomic E-state index is 4.64. The molecule has 0 aromatic heterocycles. The lowest BCUT2D eigenvalue weighted by molar-refractivity contribution is 1.48. The molecule has 0 radical (unpaired) electrons. The Morgan fingerprint density at radius 1 is 1.00 bits per heavy atom. The largest absolute Gasteiger partial charge is 0.344 e. The van der Waals surface area contributed by atoms with Gasteiger partial charge in [0.25, 0.3) is 0 Å². The minimum Gasteiger partial charge on any atom is -0.344 e. The van der Waals surface area contributed by atoms with Gasteiger partial charge in [0.05, 0.1) is 0 Å². The Kier molecular flexibility index (Phi) is 10.3. The van der Waals surface area contributed by atoms with Crippen LogP contribution in [-0.4, -0.2) is 6.38 Å². The standard InChI is InChI=1S/C7H8.CH3Cl.H3N/c1-7-5-3-2-4-6-7;1-2;/h2-6H,1H3;1H3;1H3. The van der Waals surface area contributed by atoms with Crippen LogP contribution in [0.5, 0.6) is 0 Å². The van der Waals surface area contributed by atoms with E-state index in [1.54, 1.807) is 0 Å². The molecule has 0 unspecified atom stereocenters. The SMILES string of the molecule is CCl.Cc1ccccc1.N. The Bertz CT molecular complexity index is 139. The van der Waals surface area contributed by atoms with Crippen LogP contribution in [0.1, 0.15) is 5.56 Å². The van der Waals surface area contributed by atoms with E-state index in [2.05, 4.69) is 30.7 Å². The number of benzene rings is 1. The molecule has 0 amide bonds. The van der Waals surface area contributed by atoms with E-state index in [4.69, 9.17) is 0 Å². The van der Waals surface area contributed by atoms with Crippen LogP contribution in [0, 0.1) is 6.92 Å². The van der Waals surface area contributed by atoms with E-state index in [0.717, 1.165) is 0 Å². The molecule has 0 saturated carbocycles. The van der Waals surface area contributed by atoms with Crippen molar-refractivity contribution >= 4 is 11.6 Å². The molecule has 1 nitrogen and oxygen atoms in total. The lowest BCUT2D eigenvalue weighted by atomic mass is 10.2.